The van der Waals surface area contributed by atoms with E-state index in [4.69, 9.17) is 55.2 Å². The molecule has 0 amide bonds. The molecule has 2 atom stereocenters. The lowest BCUT2D eigenvalue weighted by Gasteiger charge is -2.22. The Morgan fingerprint density at radius 3 is 1.05 bits per heavy atom. The molecule has 0 saturated heterocycles. The van der Waals surface area contributed by atoms with E-state index in [1.165, 1.54) is 176 Å². The van der Waals surface area contributed by atoms with E-state index in [1.54, 1.807) is 46.9 Å². The van der Waals surface area contributed by atoms with Gasteiger partial charge in [-0.2, -0.15) is 29.8 Å². The minimum Gasteiger partial charge on any atom is -0.337 e. The largest absolute Gasteiger partial charge is 0.337 e. The molecule has 2 aliphatic rings. The van der Waals surface area contributed by atoms with Gasteiger partial charge in [0.2, 0.25) is 0 Å². The minimum atomic E-state index is -0.288. The first-order valence-electron chi connectivity index (χ1n) is 40.9. The lowest BCUT2D eigenvalue weighted by molar-refractivity contribution is 0.103. The molecule has 3 aromatic carbocycles. The monoisotopic (exact) mass is 1630 g/mol. The summed E-state index contributed by atoms with van der Waals surface area (Å²) in [6.07, 6.45) is 45.1. The van der Waals surface area contributed by atoms with Crippen LogP contribution in [0.5, 0.6) is 0 Å². The van der Waals surface area contributed by atoms with Crippen LogP contribution in [0.2, 0.25) is 20.1 Å². The summed E-state index contributed by atoms with van der Waals surface area (Å²) in [4.78, 5) is 32.1. The number of unbranched alkanes of at least 4 members (excludes halogenated alkanes) is 24. The lowest BCUT2D eigenvalue weighted by Crippen LogP contribution is -2.14. The summed E-state index contributed by atoms with van der Waals surface area (Å²) in [7, 11) is 0. The first kappa shape index (κ1) is 82.3. The van der Waals surface area contributed by atoms with Gasteiger partial charge in [0.15, 0.2) is 11.6 Å². The number of hydrogen-bond acceptors (Lipinski definition) is 13. The molecule has 0 bridgehead atoms. The van der Waals surface area contributed by atoms with Crippen LogP contribution in [0.25, 0.3) is 95.4 Å². The normalized spacial score (nSPS) is 14.4. The van der Waals surface area contributed by atoms with Gasteiger partial charge in [-0.25, -0.2) is 0 Å². The molecule has 0 radical (unpaired) electrons. The van der Waals surface area contributed by atoms with E-state index in [1.807, 2.05) is 34.8 Å². The van der Waals surface area contributed by atoms with Crippen molar-refractivity contribution in [3.05, 3.63) is 110 Å². The van der Waals surface area contributed by atoms with Gasteiger partial charge >= 0.3 is 0 Å². The van der Waals surface area contributed by atoms with Crippen molar-refractivity contribution in [1.82, 2.24) is 17.9 Å². The van der Waals surface area contributed by atoms with Crippen molar-refractivity contribution < 1.29 is 9.59 Å². The Labute approximate surface area is 684 Å². The van der Waals surface area contributed by atoms with Crippen LogP contribution in [-0.2, 0) is 25.9 Å². The average molecular weight is 1630 g/mol. The molecule has 109 heavy (non-hydrogen) atoms. The van der Waals surface area contributed by atoms with E-state index in [-0.39, 0.29) is 42.8 Å². The van der Waals surface area contributed by atoms with Crippen LogP contribution >= 0.6 is 103 Å². The Balaban J connectivity index is 1.16. The molecule has 572 valence electrons. The van der Waals surface area contributed by atoms with Crippen LogP contribution in [0.15, 0.2) is 46.6 Å². The number of thiophene rings is 4. The Hall–Kier alpha value is -6.18. The van der Waals surface area contributed by atoms with E-state index in [0.717, 1.165) is 173 Å². The van der Waals surface area contributed by atoms with E-state index in [0.29, 0.717) is 56.4 Å². The fourth-order valence-electron chi connectivity index (χ4n) is 17.2. The molecule has 0 spiro atoms. The number of halogens is 4. The zero-order valence-corrected chi connectivity index (χ0v) is 71.5. The molecule has 2 unspecified atom stereocenters. The third-order valence-electron chi connectivity index (χ3n) is 22.9. The number of carbonyl (C=O) groups excluding carboxylic acids is 2. The number of nitrogens with zero attached hydrogens (tertiary/aromatic N) is 8. The van der Waals surface area contributed by atoms with Gasteiger partial charge in [0.05, 0.1) is 82.1 Å². The van der Waals surface area contributed by atoms with Gasteiger partial charge in [0.1, 0.15) is 46.5 Å². The highest BCUT2D eigenvalue weighted by Crippen LogP contribution is 2.57. The molecule has 7 aromatic heterocycles. The van der Waals surface area contributed by atoms with E-state index in [9.17, 15) is 21.0 Å². The van der Waals surface area contributed by atoms with Gasteiger partial charge in [0, 0.05) is 67.0 Å². The average Bonchev–Trinajstić information content (AvgIpc) is 1.50. The molecule has 0 fully saturated rings. The molecule has 19 heteroatoms. The third-order valence-corrected chi connectivity index (χ3v) is 30.0. The van der Waals surface area contributed by atoms with Crippen LogP contribution in [0.1, 0.15) is 313 Å². The number of carbonyl (C=O) groups is 2. The van der Waals surface area contributed by atoms with Crippen molar-refractivity contribution in [2.45, 2.75) is 286 Å². The van der Waals surface area contributed by atoms with E-state index >= 15 is 9.59 Å². The summed E-state index contributed by atoms with van der Waals surface area (Å²) in [5, 5.41) is 45.9. The van der Waals surface area contributed by atoms with Gasteiger partial charge in [-0.15, -0.1) is 45.3 Å². The summed E-state index contributed by atoms with van der Waals surface area (Å²) in [6, 6.07) is 15.0. The number of fused-ring (bicyclic) bond motifs is 16. The molecule has 12 rings (SSSR count). The van der Waals surface area contributed by atoms with Crippen molar-refractivity contribution in [3.8, 4) is 24.3 Å². The Kier molecular flexibility index (Phi) is 29.5. The maximum atomic E-state index is 15.1. The fourth-order valence-corrected chi connectivity index (χ4v) is 24.3. The Morgan fingerprint density at radius 2 is 0.706 bits per heavy atom. The van der Waals surface area contributed by atoms with Crippen LogP contribution in [-0.4, -0.2) is 29.4 Å². The molecular formula is C90H102Cl4N8O2S5. The fraction of sp³-hybridized carbons (Fsp3) is 0.511. The summed E-state index contributed by atoms with van der Waals surface area (Å²) >= 11 is 35.3. The molecule has 0 aliphatic heterocycles. The summed E-state index contributed by atoms with van der Waals surface area (Å²) in [6.45, 7) is 15.3. The molecule has 10 aromatic rings. The number of Topliss-reactive ketones (excluding diaryl/α,β-unsaturated/α-hetero) is 2. The van der Waals surface area contributed by atoms with E-state index in [2.05, 4.69) is 75.0 Å². The van der Waals surface area contributed by atoms with Crippen molar-refractivity contribution >= 4 is 210 Å². The number of aryl methyl sites for hydroxylation is 2. The SMILES string of the molecule is CCCCCCCCCCCc1c(C=C2C(=O)c3cc(Cl)c(Cl)cc3C2=C(C#N)C#N)sc2c1sc1c3c4nsnc4c4c5sc6c(CCCCCCCCCCC)c(C=C7C(=O)c8cc(Cl)c(Cl)cc8C7=C(C#N)C#N)sc6c5n(CC(CCCC)CCCCCC)c4c3n(CC(CCCC)CCCCCC)c21. The number of hydrogen-bond donors (Lipinski definition) is 0. The zero-order valence-electron chi connectivity index (χ0n) is 64.4. The minimum absolute atomic E-state index is 0.147. The van der Waals surface area contributed by atoms with Crippen LogP contribution in [0, 0.1) is 57.2 Å². The second kappa shape index (κ2) is 39.0. The maximum absolute atomic E-state index is 15.1. The third kappa shape index (κ3) is 17.3. The smallest absolute Gasteiger partial charge is 0.194 e. The number of rotatable bonds is 42. The summed E-state index contributed by atoms with van der Waals surface area (Å²) in [5.74, 6) is 0.157. The molecule has 10 nitrogen and oxygen atoms in total. The van der Waals surface area contributed by atoms with Crippen molar-refractivity contribution in [2.75, 3.05) is 0 Å². The first-order valence-corrected chi connectivity index (χ1v) is 46.4. The Morgan fingerprint density at radius 1 is 0.394 bits per heavy atom. The second-order valence-corrected chi connectivity index (χ2v) is 36.9. The Bertz CT molecular complexity index is 4980. The number of nitriles is 4. The second-order valence-electron chi connectivity index (χ2n) is 30.6. The van der Waals surface area contributed by atoms with Gasteiger partial charge in [-0.1, -0.05) is 268 Å². The summed E-state index contributed by atoms with van der Waals surface area (Å²) in [5.41, 5.74) is 11.4. The number of benzene rings is 3. The molecule has 2 aliphatic carbocycles. The number of ketones is 2. The van der Waals surface area contributed by atoms with Gasteiger partial charge in [-0.05, 0) is 122 Å². The first-order chi connectivity index (χ1) is 53.2. The standard InChI is InChI=1S/C90H102Cl4N8O2S5/c1-7-13-19-23-25-27-29-31-35-41-59-71(47-65-73(57(49-95)50-96)61-43-67(91)69(93)45-63(61)83(65)103)105-89-81-87(107-85(59)89)75-77-78(100-109-99-77)76-80(79(75)101(81)53-55(37-17-11-5)39-33-21-15-9-3)102(54-56(38-18-12-6)40-34-22-16-10-4)82-88(76)108-86-60(42-36-32-30-28-26-24-20-14-8-2)72(106-90(82)86)48-66-74(58(51-97)52-98)62-44-68(92)70(94)46-64(62)84(66)104/h43-48,55-56H,7-42,53-54H2,1-6H3. The quantitative estimate of drug-likeness (QED) is 0.0207. The highest BCUT2D eigenvalue weighted by atomic mass is 35.5. The molecular weight excluding hydrogens is 1530 g/mol. The predicted molar refractivity (Wildman–Crippen MR) is 469 cm³/mol. The van der Waals surface area contributed by atoms with Crippen molar-refractivity contribution in [2.24, 2.45) is 11.8 Å². The maximum Gasteiger partial charge on any atom is 0.194 e. The number of aromatic nitrogens is 4. The highest BCUT2D eigenvalue weighted by molar-refractivity contribution is 7.34. The van der Waals surface area contributed by atoms with Gasteiger partial charge < -0.3 is 9.13 Å². The molecule has 7 heterocycles. The van der Waals surface area contributed by atoms with Gasteiger partial charge in [-0.3, -0.25) is 9.59 Å². The lowest BCUT2D eigenvalue weighted by atomic mass is 9.94. The predicted octanol–water partition coefficient (Wildman–Crippen LogP) is 30.9. The van der Waals surface area contributed by atoms with Crippen molar-refractivity contribution in [1.29, 1.82) is 21.0 Å². The highest BCUT2D eigenvalue weighted by Gasteiger charge is 2.38. The topological polar surface area (TPSA) is 165 Å². The van der Waals surface area contributed by atoms with E-state index < -0.39 is 0 Å². The van der Waals surface area contributed by atoms with Crippen LogP contribution in [0.3, 0.4) is 0 Å². The van der Waals surface area contributed by atoms with Crippen molar-refractivity contribution in [3.63, 3.8) is 0 Å². The van der Waals surface area contributed by atoms with Gasteiger partial charge in [0.25, 0.3) is 0 Å². The van der Waals surface area contributed by atoms with Crippen LogP contribution < -0.4 is 0 Å². The number of allylic oxidation sites excluding steroid dienone is 6. The molecule has 0 saturated carbocycles. The zero-order chi connectivity index (χ0) is 76.8. The molecule has 0 N–H and O–H groups in total. The summed E-state index contributed by atoms with van der Waals surface area (Å²) < 4.78 is 23.6. The van der Waals surface area contributed by atoms with Crippen LogP contribution in [0.4, 0.5) is 0 Å².